The second-order valence-corrected chi connectivity index (χ2v) is 4.53. The lowest BCUT2D eigenvalue weighted by atomic mass is 9.93. The summed E-state index contributed by atoms with van der Waals surface area (Å²) < 4.78 is 1.94. The van der Waals surface area contributed by atoms with Gasteiger partial charge in [0.2, 0.25) is 0 Å². The number of hydrogen-bond acceptors (Lipinski definition) is 4. The number of fused-ring (bicyclic) bond motifs is 1. The highest BCUT2D eigenvalue weighted by Gasteiger charge is 2.24. The first-order valence-corrected chi connectivity index (χ1v) is 6.46. The Morgan fingerprint density at radius 1 is 1.50 bits per heavy atom. The number of nitrogens with zero attached hydrogens (tertiary/aromatic N) is 4. The monoisotopic (exact) mass is 243 g/mol. The predicted molar refractivity (Wildman–Crippen MR) is 68.5 cm³/mol. The van der Waals surface area contributed by atoms with Crippen LogP contribution in [0.5, 0.6) is 0 Å². The van der Waals surface area contributed by atoms with Crippen LogP contribution in [0.2, 0.25) is 0 Å². The summed E-state index contributed by atoms with van der Waals surface area (Å²) >= 11 is 0. The highest BCUT2D eigenvalue weighted by atomic mass is 15.3. The molecule has 1 aliphatic rings. The van der Waals surface area contributed by atoms with Crippen LogP contribution in [0, 0.1) is 0 Å². The first-order valence-electron chi connectivity index (χ1n) is 6.46. The van der Waals surface area contributed by atoms with E-state index in [1.807, 2.05) is 16.9 Å². The van der Waals surface area contributed by atoms with Crippen molar-refractivity contribution < 1.29 is 0 Å². The van der Waals surface area contributed by atoms with Crippen molar-refractivity contribution in [3.8, 4) is 5.82 Å². The first-order chi connectivity index (χ1) is 8.90. The zero-order valence-corrected chi connectivity index (χ0v) is 10.5. The zero-order valence-electron chi connectivity index (χ0n) is 10.5. The maximum atomic E-state index is 4.49. The SMILES string of the molecule is CCNC1CCCc2c1cnn2-c1ccncn1. The van der Waals surface area contributed by atoms with Gasteiger partial charge in [0.1, 0.15) is 6.33 Å². The van der Waals surface area contributed by atoms with Gasteiger partial charge in [-0.2, -0.15) is 5.10 Å². The molecular weight excluding hydrogens is 226 g/mol. The molecular formula is C13H17N5. The van der Waals surface area contributed by atoms with E-state index in [9.17, 15) is 0 Å². The van der Waals surface area contributed by atoms with Crippen LogP contribution in [0.3, 0.4) is 0 Å². The minimum absolute atomic E-state index is 0.439. The third-order valence-corrected chi connectivity index (χ3v) is 3.42. The van der Waals surface area contributed by atoms with Gasteiger partial charge in [0.05, 0.1) is 11.9 Å². The van der Waals surface area contributed by atoms with Gasteiger partial charge in [0, 0.05) is 23.9 Å². The molecule has 0 amide bonds. The van der Waals surface area contributed by atoms with E-state index in [1.54, 1.807) is 12.5 Å². The van der Waals surface area contributed by atoms with Crippen molar-refractivity contribution in [2.45, 2.75) is 32.2 Å². The molecule has 2 heterocycles. The Labute approximate surface area is 106 Å². The van der Waals surface area contributed by atoms with Gasteiger partial charge >= 0.3 is 0 Å². The zero-order chi connectivity index (χ0) is 12.4. The Morgan fingerprint density at radius 3 is 3.22 bits per heavy atom. The summed E-state index contributed by atoms with van der Waals surface area (Å²) in [6, 6.07) is 2.33. The van der Waals surface area contributed by atoms with Crippen molar-refractivity contribution in [2.24, 2.45) is 0 Å². The fourth-order valence-corrected chi connectivity index (χ4v) is 2.62. The molecule has 5 nitrogen and oxygen atoms in total. The fraction of sp³-hybridized carbons (Fsp3) is 0.462. The Bertz CT molecular complexity index is 519. The second-order valence-electron chi connectivity index (χ2n) is 4.53. The topological polar surface area (TPSA) is 55.6 Å². The van der Waals surface area contributed by atoms with Crippen LogP contribution in [0.25, 0.3) is 5.82 Å². The van der Waals surface area contributed by atoms with E-state index in [4.69, 9.17) is 0 Å². The van der Waals surface area contributed by atoms with Crippen LogP contribution in [0.15, 0.2) is 24.8 Å². The molecule has 3 rings (SSSR count). The number of hydrogen-bond donors (Lipinski definition) is 1. The smallest absolute Gasteiger partial charge is 0.156 e. The van der Waals surface area contributed by atoms with Crippen LogP contribution in [-0.2, 0) is 6.42 Å². The first kappa shape index (κ1) is 11.3. The van der Waals surface area contributed by atoms with Gasteiger partial charge in [-0.05, 0) is 25.8 Å². The van der Waals surface area contributed by atoms with Crippen LogP contribution in [-0.4, -0.2) is 26.3 Å². The molecule has 0 bridgehead atoms. The second kappa shape index (κ2) is 4.86. The maximum Gasteiger partial charge on any atom is 0.156 e. The highest BCUT2D eigenvalue weighted by Crippen LogP contribution is 2.30. The van der Waals surface area contributed by atoms with Crippen molar-refractivity contribution in [1.29, 1.82) is 0 Å². The average Bonchev–Trinajstić information content (AvgIpc) is 2.85. The van der Waals surface area contributed by atoms with E-state index in [2.05, 4.69) is 27.3 Å². The Morgan fingerprint density at radius 2 is 2.44 bits per heavy atom. The summed E-state index contributed by atoms with van der Waals surface area (Å²) in [7, 11) is 0. The molecule has 18 heavy (non-hydrogen) atoms. The Balaban J connectivity index is 2.00. The summed E-state index contributed by atoms with van der Waals surface area (Å²) in [6.07, 6.45) is 8.75. The highest BCUT2D eigenvalue weighted by molar-refractivity contribution is 5.31. The lowest BCUT2D eigenvalue weighted by molar-refractivity contribution is 0.466. The van der Waals surface area contributed by atoms with E-state index in [-0.39, 0.29) is 0 Å². The van der Waals surface area contributed by atoms with E-state index >= 15 is 0 Å². The fourth-order valence-electron chi connectivity index (χ4n) is 2.62. The molecule has 0 fully saturated rings. The summed E-state index contributed by atoms with van der Waals surface area (Å²) in [5, 5.41) is 8.01. The number of rotatable bonds is 3. The maximum absolute atomic E-state index is 4.49. The third kappa shape index (κ3) is 1.90. The van der Waals surface area contributed by atoms with Gasteiger partial charge in [-0.25, -0.2) is 14.6 Å². The summed E-state index contributed by atoms with van der Waals surface area (Å²) in [4.78, 5) is 8.22. The van der Waals surface area contributed by atoms with Crippen molar-refractivity contribution in [2.75, 3.05) is 6.54 Å². The average molecular weight is 243 g/mol. The molecule has 0 aliphatic heterocycles. The van der Waals surface area contributed by atoms with Crippen LogP contribution in [0.4, 0.5) is 0 Å². The number of aromatic nitrogens is 4. The molecule has 2 aromatic heterocycles. The van der Waals surface area contributed by atoms with Crippen LogP contribution >= 0.6 is 0 Å². The van der Waals surface area contributed by atoms with Crippen molar-refractivity contribution in [1.82, 2.24) is 25.1 Å². The largest absolute Gasteiger partial charge is 0.310 e. The van der Waals surface area contributed by atoms with Crippen molar-refractivity contribution in [3.05, 3.63) is 36.0 Å². The lowest BCUT2D eigenvalue weighted by Crippen LogP contribution is -2.25. The normalized spacial score (nSPS) is 18.6. The van der Waals surface area contributed by atoms with Gasteiger partial charge in [-0.3, -0.25) is 0 Å². The molecule has 5 heteroatoms. The van der Waals surface area contributed by atoms with Crippen LogP contribution in [0.1, 0.15) is 37.1 Å². The van der Waals surface area contributed by atoms with Gasteiger partial charge in [-0.15, -0.1) is 0 Å². The lowest BCUT2D eigenvalue weighted by Gasteiger charge is -2.23. The standard InChI is InChI=1S/C13H17N5/c1-2-15-11-4-3-5-12-10(11)8-17-18(12)13-6-7-14-9-16-13/h6-9,11,15H,2-5H2,1H3. The quantitative estimate of drug-likeness (QED) is 0.890. The molecule has 2 aromatic rings. The third-order valence-electron chi connectivity index (χ3n) is 3.42. The van der Waals surface area contributed by atoms with Gasteiger partial charge in [-0.1, -0.05) is 6.92 Å². The Kier molecular flexibility index (Phi) is 3.06. The molecule has 1 aliphatic carbocycles. The summed E-state index contributed by atoms with van der Waals surface area (Å²) in [6.45, 7) is 3.13. The van der Waals surface area contributed by atoms with E-state index < -0.39 is 0 Å². The van der Waals surface area contributed by atoms with E-state index in [0.29, 0.717) is 6.04 Å². The van der Waals surface area contributed by atoms with Gasteiger partial charge in [0.25, 0.3) is 0 Å². The molecule has 1 unspecified atom stereocenters. The minimum atomic E-state index is 0.439. The predicted octanol–water partition coefficient (Wildman–Crippen LogP) is 1.65. The summed E-state index contributed by atoms with van der Waals surface area (Å²) in [5.41, 5.74) is 2.60. The molecule has 0 radical (unpaired) electrons. The molecule has 0 aromatic carbocycles. The molecule has 0 spiro atoms. The molecule has 1 N–H and O–H groups in total. The Hall–Kier alpha value is -1.75. The molecule has 0 saturated carbocycles. The van der Waals surface area contributed by atoms with E-state index in [0.717, 1.165) is 18.8 Å². The molecule has 94 valence electrons. The molecule has 0 saturated heterocycles. The molecule has 1 atom stereocenters. The van der Waals surface area contributed by atoms with Crippen molar-refractivity contribution in [3.63, 3.8) is 0 Å². The number of nitrogens with one attached hydrogen (secondary N) is 1. The van der Waals surface area contributed by atoms with E-state index in [1.165, 1.54) is 24.1 Å². The van der Waals surface area contributed by atoms with Crippen molar-refractivity contribution >= 4 is 0 Å². The minimum Gasteiger partial charge on any atom is -0.310 e. The van der Waals surface area contributed by atoms with Crippen LogP contribution < -0.4 is 5.32 Å². The van der Waals surface area contributed by atoms with Gasteiger partial charge in [0.15, 0.2) is 5.82 Å². The van der Waals surface area contributed by atoms with Gasteiger partial charge < -0.3 is 5.32 Å². The summed E-state index contributed by atoms with van der Waals surface area (Å²) in [5.74, 6) is 0.850.